The number of hydrogen-bond acceptors (Lipinski definition) is 5. The van der Waals surface area contributed by atoms with Crippen LogP contribution in [0.1, 0.15) is 15.2 Å². The van der Waals surface area contributed by atoms with Gasteiger partial charge in [0.05, 0.1) is 12.4 Å². The first kappa shape index (κ1) is 10.6. The monoisotopic (exact) mass is 238 g/mol. The lowest BCUT2D eigenvalue weighted by atomic mass is 10.4. The van der Waals surface area contributed by atoms with E-state index in [9.17, 15) is 4.79 Å². The molecule has 7 heteroatoms. The van der Waals surface area contributed by atoms with Crippen molar-refractivity contribution in [1.82, 2.24) is 14.8 Å². The van der Waals surface area contributed by atoms with Crippen molar-refractivity contribution in [3.63, 3.8) is 0 Å². The van der Waals surface area contributed by atoms with Crippen LogP contribution in [0.5, 0.6) is 0 Å². The van der Waals surface area contributed by atoms with Crippen molar-refractivity contribution < 1.29 is 9.90 Å². The molecular formula is C9H10N4O2S. The second kappa shape index (κ2) is 4.31. The molecule has 0 atom stereocenters. The number of carboxylic acid groups (broad SMARTS) is 1. The highest BCUT2D eigenvalue weighted by Gasteiger charge is 2.08. The minimum Gasteiger partial charge on any atom is -0.477 e. The summed E-state index contributed by atoms with van der Waals surface area (Å²) in [5.41, 5.74) is 1.02. The van der Waals surface area contributed by atoms with Crippen molar-refractivity contribution in [1.29, 1.82) is 0 Å². The highest BCUT2D eigenvalue weighted by atomic mass is 32.1. The second-order valence-electron chi connectivity index (χ2n) is 3.21. The molecule has 2 aromatic heterocycles. The van der Waals surface area contributed by atoms with Crippen LogP contribution < -0.4 is 5.32 Å². The minimum atomic E-state index is -0.952. The number of aromatic carboxylic acids is 1. The Morgan fingerprint density at radius 3 is 3.00 bits per heavy atom. The topological polar surface area (TPSA) is 80.0 Å². The van der Waals surface area contributed by atoms with Crippen molar-refractivity contribution in [2.45, 2.75) is 6.54 Å². The summed E-state index contributed by atoms with van der Waals surface area (Å²) in [5, 5.41) is 16.4. The Hall–Kier alpha value is -1.89. The summed E-state index contributed by atoms with van der Waals surface area (Å²) in [4.78, 5) is 14.8. The Bertz CT molecular complexity index is 505. The first-order valence-corrected chi connectivity index (χ1v) is 5.37. The normalized spacial score (nSPS) is 10.3. The third kappa shape index (κ3) is 2.37. The molecule has 84 valence electrons. The van der Waals surface area contributed by atoms with E-state index in [1.165, 1.54) is 6.20 Å². The summed E-state index contributed by atoms with van der Waals surface area (Å²) >= 11 is 1.12. The molecule has 0 radical (unpaired) electrons. The van der Waals surface area contributed by atoms with Gasteiger partial charge in [-0.1, -0.05) is 11.3 Å². The highest BCUT2D eigenvalue weighted by molar-refractivity contribution is 7.17. The minimum absolute atomic E-state index is 0.230. The van der Waals surface area contributed by atoms with Gasteiger partial charge < -0.3 is 10.4 Å². The predicted octanol–water partition coefficient (Wildman–Crippen LogP) is 1.19. The largest absolute Gasteiger partial charge is 0.477 e. The van der Waals surface area contributed by atoms with Gasteiger partial charge in [0, 0.05) is 25.4 Å². The predicted molar refractivity (Wildman–Crippen MR) is 59.6 cm³/mol. The van der Waals surface area contributed by atoms with Crippen molar-refractivity contribution in [2.75, 3.05) is 5.32 Å². The molecule has 0 aliphatic rings. The number of aromatic nitrogens is 3. The molecule has 0 unspecified atom stereocenters. The fourth-order valence-corrected chi connectivity index (χ4v) is 1.85. The van der Waals surface area contributed by atoms with Crippen LogP contribution in [0.15, 0.2) is 18.6 Å². The molecule has 2 N–H and O–H groups in total. The van der Waals surface area contributed by atoms with E-state index in [4.69, 9.17) is 5.11 Å². The maximum absolute atomic E-state index is 10.6. The number of thiazole rings is 1. The zero-order valence-electron chi connectivity index (χ0n) is 8.54. The summed E-state index contributed by atoms with van der Waals surface area (Å²) in [6, 6.07) is 0. The Morgan fingerprint density at radius 2 is 2.44 bits per heavy atom. The summed E-state index contributed by atoms with van der Waals surface area (Å²) in [6.07, 6.45) is 4.98. The number of carbonyl (C=O) groups is 1. The number of nitrogens with zero attached hydrogens (tertiary/aromatic N) is 3. The fraction of sp³-hybridized carbons (Fsp3) is 0.222. The lowest BCUT2D eigenvalue weighted by Crippen LogP contribution is -1.97. The molecule has 0 aliphatic heterocycles. The van der Waals surface area contributed by atoms with Gasteiger partial charge in [0.1, 0.15) is 4.88 Å². The molecule has 0 amide bonds. The van der Waals surface area contributed by atoms with E-state index in [0.717, 1.165) is 16.9 Å². The Balaban J connectivity index is 1.97. The maximum Gasteiger partial charge on any atom is 0.347 e. The van der Waals surface area contributed by atoms with E-state index in [2.05, 4.69) is 15.4 Å². The summed E-state index contributed by atoms with van der Waals surface area (Å²) in [5.74, 6) is -0.952. The van der Waals surface area contributed by atoms with Crippen molar-refractivity contribution in [3.8, 4) is 0 Å². The molecular weight excluding hydrogens is 228 g/mol. The molecule has 0 spiro atoms. The van der Waals surface area contributed by atoms with Crippen LogP contribution in [0.2, 0.25) is 0 Å². The van der Waals surface area contributed by atoms with E-state index in [-0.39, 0.29) is 4.88 Å². The Morgan fingerprint density at radius 1 is 1.62 bits per heavy atom. The van der Waals surface area contributed by atoms with Crippen molar-refractivity contribution in [3.05, 3.63) is 29.0 Å². The first-order chi connectivity index (χ1) is 7.65. The van der Waals surface area contributed by atoms with Crippen LogP contribution in [-0.2, 0) is 13.6 Å². The van der Waals surface area contributed by atoms with Gasteiger partial charge in [-0.15, -0.1) is 0 Å². The second-order valence-corrected chi connectivity index (χ2v) is 4.24. The van der Waals surface area contributed by atoms with Crippen LogP contribution >= 0.6 is 11.3 Å². The molecule has 2 heterocycles. The average molecular weight is 238 g/mol. The van der Waals surface area contributed by atoms with Gasteiger partial charge in [-0.05, 0) is 0 Å². The summed E-state index contributed by atoms with van der Waals surface area (Å²) in [6.45, 7) is 0.584. The number of hydrogen-bond donors (Lipinski definition) is 2. The van der Waals surface area contributed by atoms with Crippen molar-refractivity contribution >= 4 is 22.4 Å². The zero-order valence-corrected chi connectivity index (χ0v) is 9.36. The smallest absolute Gasteiger partial charge is 0.347 e. The molecule has 2 aromatic rings. The Kier molecular flexibility index (Phi) is 2.86. The van der Waals surface area contributed by atoms with Crippen LogP contribution in [0, 0.1) is 0 Å². The molecule has 0 saturated heterocycles. The molecule has 0 fully saturated rings. The van der Waals surface area contributed by atoms with E-state index in [0.29, 0.717) is 11.7 Å². The van der Waals surface area contributed by atoms with Gasteiger partial charge in [0.2, 0.25) is 0 Å². The van der Waals surface area contributed by atoms with E-state index < -0.39 is 5.97 Å². The van der Waals surface area contributed by atoms with Crippen LogP contribution in [0.3, 0.4) is 0 Å². The van der Waals surface area contributed by atoms with E-state index in [1.54, 1.807) is 10.9 Å². The quantitative estimate of drug-likeness (QED) is 0.836. The van der Waals surface area contributed by atoms with Gasteiger partial charge in [-0.3, -0.25) is 4.68 Å². The Labute approximate surface area is 95.6 Å². The van der Waals surface area contributed by atoms with Gasteiger partial charge in [0.25, 0.3) is 0 Å². The third-order valence-electron chi connectivity index (χ3n) is 1.92. The third-order valence-corrected chi connectivity index (χ3v) is 2.86. The van der Waals surface area contributed by atoms with Crippen molar-refractivity contribution in [2.24, 2.45) is 7.05 Å². The highest BCUT2D eigenvalue weighted by Crippen LogP contribution is 2.18. The van der Waals surface area contributed by atoms with Crippen LogP contribution in [0.4, 0.5) is 5.13 Å². The lowest BCUT2D eigenvalue weighted by molar-refractivity contribution is 0.0702. The zero-order chi connectivity index (χ0) is 11.5. The molecule has 0 bridgehead atoms. The summed E-state index contributed by atoms with van der Waals surface area (Å²) in [7, 11) is 1.84. The van der Waals surface area contributed by atoms with E-state index in [1.807, 2.05) is 13.2 Å². The van der Waals surface area contributed by atoms with Crippen LogP contribution in [-0.4, -0.2) is 25.8 Å². The number of aryl methyl sites for hydroxylation is 1. The SMILES string of the molecule is Cn1cc(CNc2ncc(C(=O)O)s2)cn1. The molecule has 6 nitrogen and oxygen atoms in total. The maximum atomic E-state index is 10.6. The van der Waals surface area contributed by atoms with Gasteiger partial charge >= 0.3 is 5.97 Å². The lowest BCUT2D eigenvalue weighted by Gasteiger charge is -1.97. The number of rotatable bonds is 4. The van der Waals surface area contributed by atoms with E-state index >= 15 is 0 Å². The van der Waals surface area contributed by atoms with Gasteiger partial charge in [-0.25, -0.2) is 9.78 Å². The molecule has 0 aliphatic carbocycles. The fourth-order valence-electron chi connectivity index (χ4n) is 1.20. The number of nitrogens with one attached hydrogen (secondary N) is 1. The number of carboxylic acids is 1. The average Bonchev–Trinajstić information content (AvgIpc) is 2.83. The number of anilines is 1. The molecule has 0 aromatic carbocycles. The molecule has 0 saturated carbocycles. The standard InChI is InChI=1S/C9H10N4O2S/c1-13-5-6(3-12-13)2-10-9-11-4-7(16-9)8(14)15/h3-5H,2H2,1H3,(H,10,11)(H,14,15). The first-order valence-electron chi connectivity index (χ1n) is 4.55. The molecule has 16 heavy (non-hydrogen) atoms. The molecule has 2 rings (SSSR count). The summed E-state index contributed by atoms with van der Waals surface area (Å²) < 4.78 is 1.71. The van der Waals surface area contributed by atoms with Crippen LogP contribution in [0.25, 0.3) is 0 Å². The van der Waals surface area contributed by atoms with Gasteiger partial charge in [-0.2, -0.15) is 5.10 Å². The van der Waals surface area contributed by atoms with Gasteiger partial charge in [0.15, 0.2) is 5.13 Å².